The number of hydrogen-bond donors (Lipinski definition) is 0. The Balaban J connectivity index is 3.13. The summed E-state index contributed by atoms with van der Waals surface area (Å²) in [5, 5.41) is 10.8. The Morgan fingerprint density at radius 1 is 1.38 bits per heavy atom. The largest absolute Gasteiger partial charge is 0.457 e. The summed E-state index contributed by atoms with van der Waals surface area (Å²) in [6.07, 6.45) is -1.20. The van der Waals surface area contributed by atoms with Gasteiger partial charge in [0.1, 0.15) is 6.10 Å². The van der Waals surface area contributed by atoms with E-state index in [4.69, 9.17) is 13.8 Å². The average Bonchev–Trinajstić information content (AvgIpc) is 2.46. The molecule has 0 saturated carbocycles. The second-order valence-corrected chi connectivity index (χ2v) is 6.43. The van der Waals surface area contributed by atoms with Crippen LogP contribution in [0.5, 0.6) is 0 Å². The topological polar surface area (TPSA) is 105 Å². The minimum atomic E-state index is -3.44. The van der Waals surface area contributed by atoms with Crippen molar-refractivity contribution in [1.82, 2.24) is 0 Å². The Hall–Kier alpha value is -1.76. The monoisotopic (exact) mass is 317 g/mol. The van der Waals surface area contributed by atoms with E-state index in [1.54, 1.807) is 0 Å². The first kappa shape index (κ1) is 17.3. The van der Waals surface area contributed by atoms with Gasteiger partial charge in [-0.15, -0.1) is 0 Å². The van der Waals surface area contributed by atoms with Gasteiger partial charge in [0.05, 0.1) is 11.1 Å². The third-order valence-electron chi connectivity index (χ3n) is 2.71. The fourth-order valence-electron chi connectivity index (χ4n) is 1.68. The zero-order valence-electron chi connectivity index (χ0n) is 11.8. The van der Waals surface area contributed by atoms with Crippen LogP contribution in [0.15, 0.2) is 24.3 Å². The molecule has 1 aromatic carbocycles. The summed E-state index contributed by atoms with van der Waals surface area (Å²) in [4.78, 5) is 21.4. The number of esters is 1. The molecule has 9 heteroatoms. The summed E-state index contributed by atoms with van der Waals surface area (Å²) >= 11 is 0. The van der Waals surface area contributed by atoms with E-state index in [2.05, 4.69) is 0 Å². The number of nitro groups is 1. The van der Waals surface area contributed by atoms with Crippen molar-refractivity contribution in [2.45, 2.75) is 13.0 Å². The first-order valence-corrected chi connectivity index (χ1v) is 7.66. The van der Waals surface area contributed by atoms with Gasteiger partial charge in [0.25, 0.3) is 5.69 Å². The second-order valence-electron chi connectivity index (χ2n) is 4.11. The molecule has 0 fully saturated rings. The molecule has 1 atom stereocenters. The van der Waals surface area contributed by atoms with Gasteiger partial charge in [-0.3, -0.25) is 19.5 Å². The van der Waals surface area contributed by atoms with Crippen LogP contribution in [0.4, 0.5) is 5.69 Å². The van der Waals surface area contributed by atoms with Gasteiger partial charge in [-0.2, -0.15) is 0 Å². The summed E-state index contributed by atoms with van der Waals surface area (Å²) in [5.41, 5.74) is 0.183. The molecule has 0 radical (unpaired) electrons. The number of rotatable bonds is 7. The molecule has 8 nitrogen and oxygen atoms in total. The highest BCUT2D eigenvalue weighted by Crippen LogP contribution is 2.50. The third kappa shape index (κ3) is 4.93. The number of nitrogens with zero attached hydrogens (tertiary/aromatic N) is 1. The highest BCUT2D eigenvalue weighted by atomic mass is 31.2. The fourth-order valence-corrected chi connectivity index (χ4v) is 2.82. The number of nitro benzene ring substituents is 1. The van der Waals surface area contributed by atoms with Crippen LogP contribution >= 0.6 is 7.60 Å². The summed E-state index contributed by atoms with van der Waals surface area (Å²) < 4.78 is 26.9. The SMILES string of the molecule is COP(=O)(CC(OC(C)=O)c1cccc([N+](=O)[O-])c1)OC. The molecule has 1 unspecified atom stereocenters. The number of non-ortho nitro benzene ring substituents is 1. The predicted molar refractivity (Wildman–Crippen MR) is 74.1 cm³/mol. The lowest BCUT2D eigenvalue weighted by Crippen LogP contribution is -2.14. The summed E-state index contributed by atoms with van der Waals surface area (Å²) in [6, 6.07) is 5.55. The van der Waals surface area contributed by atoms with Gasteiger partial charge in [0.15, 0.2) is 0 Å². The first-order chi connectivity index (χ1) is 9.81. The van der Waals surface area contributed by atoms with E-state index < -0.39 is 24.6 Å². The Morgan fingerprint density at radius 2 is 2.00 bits per heavy atom. The van der Waals surface area contributed by atoms with Crippen molar-refractivity contribution in [3.05, 3.63) is 39.9 Å². The molecule has 0 aromatic heterocycles. The van der Waals surface area contributed by atoms with E-state index in [-0.39, 0.29) is 11.8 Å². The molecule has 0 N–H and O–H groups in total. The van der Waals surface area contributed by atoms with Crippen LogP contribution in [0, 0.1) is 10.1 Å². The zero-order chi connectivity index (χ0) is 16.0. The fraction of sp³-hybridized carbons (Fsp3) is 0.417. The van der Waals surface area contributed by atoms with Crippen molar-refractivity contribution >= 4 is 19.3 Å². The van der Waals surface area contributed by atoms with E-state index in [1.165, 1.54) is 45.4 Å². The Kier molecular flexibility index (Phi) is 6.02. The van der Waals surface area contributed by atoms with E-state index in [9.17, 15) is 19.5 Å². The molecule has 0 heterocycles. The number of carbonyl (C=O) groups excluding carboxylic acids is 1. The van der Waals surface area contributed by atoms with Gasteiger partial charge in [-0.25, -0.2) is 0 Å². The highest BCUT2D eigenvalue weighted by Gasteiger charge is 2.30. The van der Waals surface area contributed by atoms with Gasteiger partial charge >= 0.3 is 13.6 Å². The molecule has 116 valence electrons. The van der Waals surface area contributed by atoms with Crippen molar-refractivity contribution in [3.8, 4) is 0 Å². The lowest BCUT2D eigenvalue weighted by atomic mass is 10.1. The van der Waals surface area contributed by atoms with Crippen molar-refractivity contribution in [1.29, 1.82) is 0 Å². The molecular weight excluding hydrogens is 301 g/mol. The maximum atomic E-state index is 12.2. The zero-order valence-corrected chi connectivity index (χ0v) is 12.7. The van der Waals surface area contributed by atoms with Crippen molar-refractivity contribution in [2.75, 3.05) is 20.4 Å². The van der Waals surface area contributed by atoms with Crippen LogP contribution in [0.2, 0.25) is 0 Å². The van der Waals surface area contributed by atoms with Crippen LogP contribution in [0.3, 0.4) is 0 Å². The molecule has 21 heavy (non-hydrogen) atoms. The summed E-state index contributed by atoms with van der Waals surface area (Å²) in [6.45, 7) is 1.19. The average molecular weight is 317 g/mol. The van der Waals surface area contributed by atoms with E-state index in [0.29, 0.717) is 5.56 Å². The Morgan fingerprint density at radius 3 is 2.48 bits per heavy atom. The van der Waals surface area contributed by atoms with Gasteiger partial charge in [0, 0.05) is 33.3 Å². The lowest BCUT2D eigenvalue weighted by Gasteiger charge is -2.21. The van der Waals surface area contributed by atoms with E-state index in [0.717, 1.165) is 0 Å². The molecule has 0 aliphatic heterocycles. The smallest absolute Gasteiger partial charge is 0.334 e. The number of hydrogen-bond acceptors (Lipinski definition) is 7. The molecule has 0 aliphatic rings. The molecule has 0 aliphatic carbocycles. The van der Waals surface area contributed by atoms with Crippen LogP contribution in [-0.2, 0) is 23.1 Å². The maximum Gasteiger partial charge on any atom is 0.334 e. The van der Waals surface area contributed by atoms with Gasteiger partial charge in [-0.05, 0) is 5.56 Å². The van der Waals surface area contributed by atoms with Gasteiger partial charge < -0.3 is 13.8 Å². The molecule has 0 amide bonds. The molecular formula is C12H16NO7P. The highest BCUT2D eigenvalue weighted by molar-refractivity contribution is 7.53. The number of benzene rings is 1. The quantitative estimate of drug-likeness (QED) is 0.329. The minimum Gasteiger partial charge on any atom is -0.457 e. The Labute approximate surface area is 121 Å². The normalized spacial score (nSPS) is 12.7. The molecule has 1 aromatic rings. The molecule has 0 bridgehead atoms. The standard InChI is InChI=1S/C12H16NO7P/c1-9(14)20-12(8-21(17,18-2)19-3)10-5-4-6-11(7-10)13(15)16/h4-7,12H,8H2,1-3H3. The van der Waals surface area contributed by atoms with E-state index in [1.807, 2.05) is 0 Å². The van der Waals surface area contributed by atoms with Crippen molar-refractivity contribution < 1.29 is 28.1 Å². The summed E-state index contributed by atoms with van der Waals surface area (Å²) in [5.74, 6) is -0.606. The van der Waals surface area contributed by atoms with Crippen LogP contribution in [-0.4, -0.2) is 31.3 Å². The van der Waals surface area contributed by atoms with Crippen LogP contribution in [0.1, 0.15) is 18.6 Å². The van der Waals surface area contributed by atoms with Crippen molar-refractivity contribution in [2.24, 2.45) is 0 Å². The van der Waals surface area contributed by atoms with Gasteiger partial charge in [-0.1, -0.05) is 12.1 Å². The Bertz CT molecular complexity index is 566. The minimum absolute atomic E-state index is 0.158. The predicted octanol–water partition coefficient (Wildman–Crippen LogP) is 2.68. The number of carbonyl (C=O) groups is 1. The molecule has 1 rings (SSSR count). The maximum absolute atomic E-state index is 12.2. The number of ether oxygens (including phenoxy) is 1. The second kappa shape index (κ2) is 7.31. The molecule has 0 spiro atoms. The van der Waals surface area contributed by atoms with Gasteiger partial charge in [0.2, 0.25) is 0 Å². The lowest BCUT2D eigenvalue weighted by molar-refractivity contribution is -0.385. The van der Waals surface area contributed by atoms with Crippen LogP contribution < -0.4 is 0 Å². The van der Waals surface area contributed by atoms with E-state index >= 15 is 0 Å². The molecule has 0 saturated heterocycles. The van der Waals surface area contributed by atoms with Crippen LogP contribution in [0.25, 0.3) is 0 Å². The third-order valence-corrected chi connectivity index (χ3v) is 4.60. The first-order valence-electron chi connectivity index (χ1n) is 5.93. The summed E-state index contributed by atoms with van der Waals surface area (Å²) in [7, 11) is -1.02. The van der Waals surface area contributed by atoms with Crippen molar-refractivity contribution in [3.63, 3.8) is 0 Å².